The van der Waals surface area contributed by atoms with Crippen LogP contribution < -0.4 is 0 Å². The van der Waals surface area contributed by atoms with E-state index in [1.165, 1.54) is 0 Å². The zero-order valence-corrected chi connectivity index (χ0v) is 9.06. The SMILES string of the molecule is CN(C)C(=O)c1ccc2ncn(C)c2c1. The molecule has 2 rings (SSSR count). The first kappa shape index (κ1) is 9.71. The van der Waals surface area contributed by atoms with Crippen molar-refractivity contribution in [1.29, 1.82) is 0 Å². The number of imidazole rings is 1. The summed E-state index contributed by atoms with van der Waals surface area (Å²) in [5.74, 6) is 0.0121. The minimum Gasteiger partial charge on any atom is -0.345 e. The lowest BCUT2D eigenvalue weighted by molar-refractivity contribution is 0.0828. The van der Waals surface area contributed by atoms with E-state index in [-0.39, 0.29) is 5.91 Å². The topological polar surface area (TPSA) is 38.1 Å². The Labute approximate surface area is 88.1 Å². The van der Waals surface area contributed by atoms with E-state index >= 15 is 0 Å². The van der Waals surface area contributed by atoms with Crippen molar-refractivity contribution in [3.8, 4) is 0 Å². The minimum absolute atomic E-state index is 0.0121. The Morgan fingerprint density at radius 1 is 1.40 bits per heavy atom. The lowest BCUT2D eigenvalue weighted by atomic mass is 10.2. The zero-order chi connectivity index (χ0) is 11.0. The van der Waals surface area contributed by atoms with Crippen molar-refractivity contribution in [2.24, 2.45) is 7.05 Å². The van der Waals surface area contributed by atoms with Gasteiger partial charge in [0.2, 0.25) is 0 Å². The second kappa shape index (κ2) is 3.38. The maximum Gasteiger partial charge on any atom is 0.253 e. The highest BCUT2D eigenvalue weighted by Crippen LogP contribution is 2.14. The Morgan fingerprint density at radius 2 is 2.13 bits per heavy atom. The van der Waals surface area contributed by atoms with E-state index < -0.39 is 0 Å². The molecule has 0 fully saturated rings. The molecule has 0 unspecified atom stereocenters. The first-order chi connectivity index (χ1) is 7.09. The molecular formula is C11H13N3O. The van der Waals surface area contributed by atoms with Crippen LogP contribution in [0.15, 0.2) is 24.5 Å². The molecule has 0 saturated heterocycles. The second-order valence-corrected chi connectivity index (χ2v) is 3.76. The van der Waals surface area contributed by atoms with Crippen LogP contribution in [0.1, 0.15) is 10.4 Å². The Balaban J connectivity index is 2.55. The Morgan fingerprint density at radius 3 is 2.80 bits per heavy atom. The zero-order valence-electron chi connectivity index (χ0n) is 9.06. The van der Waals surface area contributed by atoms with Crippen molar-refractivity contribution in [2.75, 3.05) is 14.1 Å². The summed E-state index contributed by atoms with van der Waals surface area (Å²) in [5.41, 5.74) is 2.58. The third-order valence-electron chi connectivity index (χ3n) is 2.38. The Bertz CT molecular complexity index is 514. The number of carbonyl (C=O) groups is 1. The Hall–Kier alpha value is -1.84. The van der Waals surface area contributed by atoms with E-state index in [1.807, 2.05) is 23.7 Å². The molecule has 0 aliphatic carbocycles. The van der Waals surface area contributed by atoms with Crippen LogP contribution in [0.5, 0.6) is 0 Å². The van der Waals surface area contributed by atoms with E-state index in [4.69, 9.17) is 0 Å². The van der Waals surface area contributed by atoms with Gasteiger partial charge in [0, 0.05) is 26.7 Å². The third kappa shape index (κ3) is 1.58. The summed E-state index contributed by atoms with van der Waals surface area (Å²) >= 11 is 0. The van der Waals surface area contributed by atoms with Crippen molar-refractivity contribution in [3.05, 3.63) is 30.1 Å². The molecule has 1 heterocycles. The third-order valence-corrected chi connectivity index (χ3v) is 2.38. The predicted molar refractivity (Wildman–Crippen MR) is 58.7 cm³/mol. The van der Waals surface area contributed by atoms with Crippen molar-refractivity contribution in [3.63, 3.8) is 0 Å². The van der Waals surface area contributed by atoms with Crippen molar-refractivity contribution in [1.82, 2.24) is 14.5 Å². The van der Waals surface area contributed by atoms with Gasteiger partial charge in [-0.2, -0.15) is 0 Å². The van der Waals surface area contributed by atoms with Crippen LogP contribution in [-0.4, -0.2) is 34.5 Å². The fourth-order valence-corrected chi connectivity index (χ4v) is 1.52. The predicted octanol–water partition coefficient (Wildman–Crippen LogP) is 1.28. The molecule has 0 aliphatic rings. The average molecular weight is 203 g/mol. The molecule has 0 saturated carbocycles. The van der Waals surface area contributed by atoms with E-state index in [0.29, 0.717) is 5.56 Å². The van der Waals surface area contributed by atoms with Crippen LogP contribution in [0, 0.1) is 0 Å². The number of benzene rings is 1. The summed E-state index contributed by atoms with van der Waals surface area (Å²) in [6, 6.07) is 5.54. The van der Waals surface area contributed by atoms with Crippen LogP contribution >= 0.6 is 0 Å². The maximum absolute atomic E-state index is 11.7. The molecule has 78 valence electrons. The van der Waals surface area contributed by atoms with Gasteiger partial charge in [-0.15, -0.1) is 0 Å². The van der Waals surface area contributed by atoms with E-state index in [9.17, 15) is 4.79 Å². The summed E-state index contributed by atoms with van der Waals surface area (Å²) in [5, 5.41) is 0. The molecule has 2 aromatic rings. The molecule has 1 amide bonds. The normalized spacial score (nSPS) is 10.6. The fraction of sp³-hybridized carbons (Fsp3) is 0.273. The molecule has 15 heavy (non-hydrogen) atoms. The number of aryl methyl sites for hydroxylation is 1. The average Bonchev–Trinajstić information content (AvgIpc) is 2.59. The largest absolute Gasteiger partial charge is 0.345 e. The van der Waals surface area contributed by atoms with Gasteiger partial charge in [-0.3, -0.25) is 4.79 Å². The molecule has 0 N–H and O–H groups in total. The van der Waals surface area contributed by atoms with Crippen LogP contribution in [0.2, 0.25) is 0 Å². The van der Waals surface area contributed by atoms with Gasteiger partial charge in [-0.05, 0) is 18.2 Å². The van der Waals surface area contributed by atoms with Crippen molar-refractivity contribution in [2.45, 2.75) is 0 Å². The van der Waals surface area contributed by atoms with Gasteiger partial charge in [0.15, 0.2) is 0 Å². The maximum atomic E-state index is 11.7. The van der Waals surface area contributed by atoms with E-state index in [2.05, 4.69) is 4.98 Å². The quantitative estimate of drug-likeness (QED) is 0.700. The van der Waals surface area contributed by atoms with Gasteiger partial charge in [-0.25, -0.2) is 4.98 Å². The number of fused-ring (bicyclic) bond motifs is 1. The van der Waals surface area contributed by atoms with E-state index in [0.717, 1.165) is 11.0 Å². The molecular weight excluding hydrogens is 190 g/mol. The summed E-state index contributed by atoms with van der Waals surface area (Å²) in [4.78, 5) is 17.5. The van der Waals surface area contributed by atoms with Crippen LogP contribution in [-0.2, 0) is 7.05 Å². The Kier molecular flexibility index (Phi) is 2.19. The number of carbonyl (C=O) groups excluding carboxylic acids is 1. The number of hydrogen-bond donors (Lipinski definition) is 0. The molecule has 4 nitrogen and oxygen atoms in total. The van der Waals surface area contributed by atoms with Gasteiger partial charge in [0.05, 0.1) is 17.4 Å². The summed E-state index contributed by atoms with van der Waals surface area (Å²) < 4.78 is 1.90. The molecule has 0 atom stereocenters. The summed E-state index contributed by atoms with van der Waals surface area (Å²) in [7, 11) is 5.41. The molecule has 4 heteroatoms. The molecule has 0 radical (unpaired) electrons. The van der Waals surface area contributed by atoms with Gasteiger partial charge in [0.1, 0.15) is 0 Å². The number of aromatic nitrogens is 2. The van der Waals surface area contributed by atoms with Gasteiger partial charge in [0.25, 0.3) is 5.91 Å². The summed E-state index contributed by atoms with van der Waals surface area (Å²) in [6.07, 6.45) is 1.74. The number of hydrogen-bond acceptors (Lipinski definition) is 2. The van der Waals surface area contributed by atoms with Crippen molar-refractivity contribution < 1.29 is 4.79 Å². The van der Waals surface area contributed by atoms with Crippen LogP contribution in [0.4, 0.5) is 0 Å². The van der Waals surface area contributed by atoms with Gasteiger partial charge < -0.3 is 9.47 Å². The first-order valence-electron chi connectivity index (χ1n) is 4.72. The van der Waals surface area contributed by atoms with Crippen molar-refractivity contribution >= 4 is 16.9 Å². The van der Waals surface area contributed by atoms with Crippen LogP contribution in [0.25, 0.3) is 11.0 Å². The minimum atomic E-state index is 0.0121. The fourth-order valence-electron chi connectivity index (χ4n) is 1.52. The van der Waals surface area contributed by atoms with Gasteiger partial charge in [-0.1, -0.05) is 0 Å². The van der Waals surface area contributed by atoms with Gasteiger partial charge >= 0.3 is 0 Å². The summed E-state index contributed by atoms with van der Waals surface area (Å²) in [6.45, 7) is 0. The molecule has 0 spiro atoms. The highest BCUT2D eigenvalue weighted by molar-refractivity contribution is 5.97. The van der Waals surface area contributed by atoms with E-state index in [1.54, 1.807) is 31.4 Å². The molecule has 1 aromatic heterocycles. The van der Waals surface area contributed by atoms with Crippen LogP contribution in [0.3, 0.4) is 0 Å². The lowest BCUT2D eigenvalue weighted by Gasteiger charge is -2.09. The molecule has 0 bridgehead atoms. The second-order valence-electron chi connectivity index (χ2n) is 3.76. The number of nitrogens with zero attached hydrogens (tertiary/aromatic N) is 3. The highest BCUT2D eigenvalue weighted by Gasteiger charge is 2.09. The number of rotatable bonds is 1. The molecule has 1 aromatic carbocycles. The highest BCUT2D eigenvalue weighted by atomic mass is 16.2. The lowest BCUT2D eigenvalue weighted by Crippen LogP contribution is -2.21. The standard InChI is InChI=1S/C11H13N3O/c1-13(2)11(15)8-4-5-9-10(6-8)14(3)7-12-9/h4-7H,1-3H3. The smallest absolute Gasteiger partial charge is 0.253 e. The number of amides is 1. The first-order valence-corrected chi connectivity index (χ1v) is 4.72. The molecule has 0 aliphatic heterocycles. The monoisotopic (exact) mass is 203 g/mol.